The van der Waals surface area contributed by atoms with E-state index in [2.05, 4.69) is 28.5 Å². The van der Waals surface area contributed by atoms with Crippen molar-refractivity contribution in [2.24, 2.45) is 0 Å². The van der Waals surface area contributed by atoms with Crippen molar-refractivity contribution in [3.8, 4) is 11.1 Å². The molecule has 0 radical (unpaired) electrons. The number of furan rings is 1. The van der Waals surface area contributed by atoms with Crippen molar-refractivity contribution in [2.45, 2.75) is 31.6 Å². The lowest BCUT2D eigenvalue weighted by atomic mass is 10.0. The molecule has 0 saturated carbocycles. The van der Waals surface area contributed by atoms with E-state index >= 15 is 0 Å². The summed E-state index contributed by atoms with van der Waals surface area (Å²) in [5.41, 5.74) is 4.16. The Morgan fingerprint density at radius 1 is 1.07 bits per heavy atom. The smallest absolute Gasteiger partial charge is 0.261 e. The zero-order chi connectivity index (χ0) is 21.5. The normalized spacial score (nSPS) is 11.9. The third-order valence-corrected chi connectivity index (χ3v) is 6.50. The van der Waals surface area contributed by atoms with Crippen LogP contribution in [0.1, 0.15) is 30.9 Å². The molecule has 30 heavy (non-hydrogen) atoms. The molecule has 0 bridgehead atoms. The third-order valence-electron chi connectivity index (χ3n) is 4.82. The minimum atomic E-state index is -3.82. The molecule has 0 fully saturated rings. The zero-order valence-corrected chi connectivity index (χ0v) is 18.3. The van der Waals surface area contributed by atoms with Gasteiger partial charge in [-0.3, -0.25) is 4.72 Å². The molecule has 0 aliphatic carbocycles. The van der Waals surface area contributed by atoms with Gasteiger partial charge in [-0.1, -0.05) is 37.6 Å². The summed E-state index contributed by atoms with van der Waals surface area (Å²) in [6.07, 6.45) is 4.87. The molecule has 1 N–H and O–H groups in total. The Morgan fingerprint density at radius 3 is 2.50 bits per heavy atom. The Labute approximate surface area is 180 Å². The van der Waals surface area contributed by atoms with Gasteiger partial charge >= 0.3 is 0 Å². The van der Waals surface area contributed by atoms with Crippen molar-refractivity contribution in [3.63, 3.8) is 0 Å². The van der Waals surface area contributed by atoms with Gasteiger partial charge in [0.2, 0.25) is 5.71 Å². The molecule has 0 aliphatic rings. The minimum absolute atomic E-state index is 0.0585. The number of nitrogens with one attached hydrogen (secondary N) is 1. The molecular weight excluding hydrogens is 422 g/mol. The summed E-state index contributed by atoms with van der Waals surface area (Å²) in [6, 6.07) is 10.4. The third kappa shape index (κ3) is 3.91. The van der Waals surface area contributed by atoms with E-state index in [1.54, 1.807) is 36.9 Å². The summed E-state index contributed by atoms with van der Waals surface area (Å²) in [6.45, 7) is 6.04. The average Bonchev–Trinajstić information content (AvgIpc) is 3.12. The van der Waals surface area contributed by atoms with E-state index in [9.17, 15) is 8.42 Å². The van der Waals surface area contributed by atoms with Gasteiger partial charge in [0, 0.05) is 28.9 Å². The van der Waals surface area contributed by atoms with E-state index in [-0.39, 0.29) is 15.7 Å². The van der Waals surface area contributed by atoms with Crippen LogP contribution in [-0.2, 0) is 10.0 Å². The van der Waals surface area contributed by atoms with Crippen LogP contribution in [0.25, 0.3) is 22.2 Å². The number of aryl methyl sites for hydroxylation is 1. The largest absolute Gasteiger partial charge is 0.445 e. The van der Waals surface area contributed by atoms with Gasteiger partial charge in [-0.25, -0.2) is 18.4 Å². The lowest BCUT2D eigenvalue weighted by Gasteiger charge is -2.12. The van der Waals surface area contributed by atoms with Gasteiger partial charge in [0.05, 0.1) is 10.6 Å². The summed E-state index contributed by atoms with van der Waals surface area (Å²) in [5, 5.41) is 0.875. The Morgan fingerprint density at radius 2 is 1.80 bits per heavy atom. The average molecular weight is 442 g/mol. The van der Waals surface area contributed by atoms with Crippen molar-refractivity contribution < 1.29 is 12.8 Å². The molecular formula is C22H20ClN3O3S. The fraction of sp³-hybridized carbons (Fsp3) is 0.182. The summed E-state index contributed by atoms with van der Waals surface area (Å²) in [4.78, 5) is 8.57. The number of anilines is 1. The number of sulfonamides is 1. The van der Waals surface area contributed by atoms with E-state index in [0.29, 0.717) is 17.2 Å². The fourth-order valence-electron chi connectivity index (χ4n) is 3.15. The topological polar surface area (TPSA) is 85.1 Å². The lowest BCUT2D eigenvalue weighted by Crippen LogP contribution is -2.13. The molecule has 0 atom stereocenters. The van der Waals surface area contributed by atoms with Crippen molar-refractivity contribution >= 4 is 38.4 Å². The number of benzene rings is 1. The second kappa shape index (κ2) is 7.74. The molecule has 0 aliphatic heterocycles. The van der Waals surface area contributed by atoms with Crippen LogP contribution in [0.5, 0.6) is 0 Å². The van der Waals surface area contributed by atoms with E-state index in [1.807, 2.05) is 25.1 Å². The first-order valence-electron chi connectivity index (χ1n) is 9.37. The predicted molar refractivity (Wildman–Crippen MR) is 118 cm³/mol. The first kappa shape index (κ1) is 20.4. The van der Waals surface area contributed by atoms with Crippen LogP contribution < -0.4 is 4.72 Å². The summed E-state index contributed by atoms with van der Waals surface area (Å²) in [5.74, 6) is 0.313. The van der Waals surface area contributed by atoms with Crippen molar-refractivity contribution in [2.75, 3.05) is 4.72 Å². The Kier molecular flexibility index (Phi) is 5.26. The van der Waals surface area contributed by atoms with Crippen LogP contribution in [-0.4, -0.2) is 18.4 Å². The molecule has 3 heterocycles. The van der Waals surface area contributed by atoms with Crippen molar-refractivity contribution in [3.05, 3.63) is 71.3 Å². The first-order valence-corrected chi connectivity index (χ1v) is 11.2. The van der Waals surface area contributed by atoms with E-state index in [0.717, 1.165) is 22.1 Å². The molecule has 0 saturated heterocycles. The molecule has 6 nitrogen and oxygen atoms in total. The quantitative estimate of drug-likeness (QED) is 0.397. The van der Waals surface area contributed by atoms with Gasteiger partial charge in [0.25, 0.3) is 10.0 Å². The number of nitrogens with zero attached hydrogens (tertiary/aromatic N) is 2. The standard InChI is InChI=1S/C22H20ClN3O3S/c1-13(2)15-4-6-17(7-5-15)30(27,28)26-20-9-16(11-24-21(20)23)19-12-29-22-18(19)8-14(3)10-25-22/h4-13,26H,1-3H3. The van der Waals surface area contributed by atoms with Crippen LogP contribution >= 0.6 is 11.6 Å². The molecule has 154 valence electrons. The Balaban J connectivity index is 1.70. The van der Waals surface area contributed by atoms with Gasteiger partial charge in [-0.2, -0.15) is 0 Å². The molecule has 4 rings (SSSR count). The van der Waals surface area contributed by atoms with Gasteiger partial charge in [-0.05, 0) is 48.2 Å². The monoisotopic (exact) mass is 441 g/mol. The molecule has 8 heteroatoms. The van der Waals surface area contributed by atoms with Crippen LogP contribution in [0.4, 0.5) is 5.69 Å². The fourth-order valence-corrected chi connectivity index (χ4v) is 4.41. The van der Waals surface area contributed by atoms with E-state index in [1.165, 1.54) is 0 Å². The number of halogens is 1. The SMILES string of the molecule is Cc1cnc2occ(-c3cnc(Cl)c(NS(=O)(=O)c4ccc(C(C)C)cc4)c3)c2c1. The maximum Gasteiger partial charge on any atom is 0.261 e. The number of hydrogen-bond donors (Lipinski definition) is 1. The summed E-state index contributed by atoms with van der Waals surface area (Å²) >= 11 is 6.19. The van der Waals surface area contributed by atoms with Gasteiger partial charge in [0.1, 0.15) is 6.26 Å². The highest BCUT2D eigenvalue weighted by atomic mass is 35.5. The molecule has 0 amide bonds. The predicted octanol–water partition coefficient (Wildman–Crippen LogP) is 5.78. The molecule has 3 aromatic heterocycles. The number of aromatic nitrogens is 2. The number of fused-ring (bicyclic) bond motifs is 1. The van der Waals surface area contributed by atoms with Gasteiger partial charge in [-0.15, -0.1) is 0 Å². The molecule has 0 spiro atoms. The number of hydrogen-bond acceptors (Lipinski definition) is 5. The maximum atomic E-state index is 12.9. The van der Waals surface area contributed by atoms with Gasteiger partial charge < -0.3 is 4.42 Å². The van der Waals surface area contributed by atoms with Crippen LogP contribution in [0.2, 0.25) is 5.15 Å². The molecule has 0 unspecified atom stereocenters. The number of rotatable bonds is 5. The Bertz CT molecular complexity index is 1330. The highest BCUT2D eigenvalue weighted by Gasteiger charge is 2.18. The second-order valence-electron chi connectivity index (χ2n) is 7.41. The van der Waals surface area contributed by atoms with Crippen LogP contribution in [0.15, 0.2) is 64.4 Å². The number of pyridine rings is 2. The summed E-state index contributed by atoms with van der Waals surface area (Å²) < 4.78 is 33.8. The zero-order valence-electron chi connectivity index (χ0n) is 16.7. The van der Waals surface area contributed by atoms with E-state index in [4.69, 9.17) is 16.0 Å². The van der Waals surface area contributed by atoms with Gasteiger partial charge in [0.15, 0.2) is 5.15 Å². The lowest BCUT2D eigenvalue weighted by molar-refractivity contribution is 0.601. The highest BCUT2D eigenvalue weighted by molar-refractivity contribution is 7.92. The first-order chi connectivity index (χ1) is 14.2. The summed E-state index contributed by atoms with van der Waals surface area (Å²) in [7, 11) is -3.82. The van der Waals surface area contributed by atoms with E-state index < -0.39 is 10.0 Å². The highest BCUT2D eigenvalue weighted by Crippen LogP contribution is 2.33. The maximum absolute atomic E-state index is 12.9. The minimum Gasteiger partial charge on any atom is -0.445 e. The van der Waals surface area contributed by atoms with Crippen molar-refractivity contribution in [1.29, 1.82) is 0 Å². The second-order valence-corrected chi connectivity index (χ2v) is 9.45. The van der Waals surface area contributed by atoms with Crippen LogP contribution in [0.3, 0.4) is 0 Å². The van der Waals surface area contributed by atoms with Crippen molar-refractivity contribution in [1.82, 2.24) is 9.97 Å². The molecule has 1 aromatic carbocycles. The Hall–Kier alpha value is -2.90. The molecule has 4 aromatic rings. The van der Waals surface area contributed by atoms with Crippen LogP contribution in [0, 0.1) is 6.92 Å².